The first-order chi connectivity index (χ1) is 14.3. The molecule has 1 atom stereocenters. The Labute approximate surface area is 172 Å². The lowest BCUT2D eigenvalue weighted by atomic mass is 10.1. The van der Waals surface area contributed by atoms with Gasteiger partial charge in [-0.25, -0.2) is 14.8 Å². The standard InChI is InChI=1S/C22H20N4O4/c1-12-13(2)24-18-10-15(8-9-16(18)23-12)22(29)30-14(3)21(28)26-11-20(27)25-17-6-4-5-7-19(17)26/h4-10,14H,11H2,1-3H3,(H,25,27)/t14-/m1/s1. The lowest BCUT2D eigenvalue weighted by Crippen LogP contribution is -2.47. The quantitative estimate of drug-likeness (QED) is 0.674. The summed E-state index contributed by atoms with van der Waals surface area (Å²) >= 11 is 0. The van der Waals surface area contributed by atoms with E-state index in [0.29, 0.717) is 22.4 Å². The Bertz CT molecular complexity index is 1190. The average molecular weight is 404 g/mol. The molecule has 0 bridgehead atoms. The van der Waals surface area contributed by atoms with Gasteiger partial charge in [0.25, 0.3) is 5.91 Å². The molecule has 0 fully saturated rings. The Morgan fingerprint density at radius 2 is 1.77 bits per heavy atom. The average Bonchev–Trinajstić information content (AvgIpc) is 2.73. The van der Waals surface area contributed by atoms with E-state index >= 15 is 0 Å². The van der Waals surface area contributed by atoms with Gasteiger partial charge in [-0.2, -0.15) is 0 Å². The van der Waals surface area contributed by atoms with Crippen LogP contribution in [0, 0.1) is 13.8 Å². The maximum Gasteiger partial charge on any atom is 0.338 e. The third-order valence-electron chi connectivity index (χ3n) is 4.98. The number of ether oxygens (including phenoxy) is 1. The zero-order chi connectivity index (χ0) is 21.4. The SMILES string of the molecule is Cc1nc2ccc(C(=O)O[C@H](C)C(=O)N3CC(=O)Nc4ccccc43)cc2nc1C. The molecular weight excluding hydrogens is 384 g/mol. The van der Waals surface area contributed by atoms with Crippen LogP contribution in [0.4, 0.5) is 11.4 Å². The molecule has 152 valence electrons. The molecular formula is C22H20N4O4. The molecule has 0 radical (unpaired) electrons. The number of nitrogens with zero attached hydrogens (tertiary/aromatic N) is 3. The van der Waals surface area contributed by atoms with Crippen LogP contribution in [-0.2, 0) is 14.3 Å². The lowest BCUT2D eigenvalue weighted by molar-refractivity contribution is -0.128. The lowest BCUT2D eigenvalue weighted by Gasteiger charge is -2.30. The summed E-state index contributed by atoms with van der Waals surface area (Å²) in [6.45, 7) is 5.07. The summed E-state index contributed by atoms with van der Waals surface area (Å²) in [7, 11) is 0. The molecule has 2 aromatic carbocycles. The molecule has 4 rings (SSSR count). The molecule has 0 aliphatic carbocycles. The van der Waals surface area contributed by atoms with E-state index in [2.05, 4.69) is 15.3 Å². The number of anilines is 2. The number of hydrogen-bond donors (Lipinski definition) is 1. The predicted molar refractivity (Wildman–Crippen MR) is 111 cm³/mol. The van der Waals surface area contributed by atoms with E-state index < -0.39 is 18.0 Å². The number of rotatable bonds is 3. The summed E-state index contributed by atoms with van der Waals surface area (Å²) in [5, 5.41) is 2.72. The first-order valence-corrected chi connectivity index (χ1v) is 9.50. The highest BCUT2D eigenvalue weighted by Gasteiger charge is 2.31. The van der Waals surface area contributed by atoms with Crippen molar-refractivity contribution in [3.8, 4) is 0 Å². The van der Waals surface area contributed by atoms with Crippen molar-refractivity contribution in [2.75, 3.05) is 16.8 Å². The van der Waals surface area contributed by atoms with Crippen LogP contribution >= 0.6 is 0 Å². The molecule has 3 aromatic rings. The minimum Gasteiger partial charge on any atom is -0.449 e. The van der Waals surface area contributed by atoms with E-state index in [4.69, 9.17) is 4.74 Å². The van der Waals surface area contributed by atoms with Crippen LogP contribution in [0.2, 0.25) is 0 Å². The second kappa shape index (κ2) is 7.55. The van der Waals surface area contributed by atoms with E-state index in [9.17, 15) is 14.4 Å². The molecule has 30 heavy (non-hydrogen) atoms. The number of nitrogens with one attached hydrogen (secondary N) is 1. The molecule has 1 aromatic heterocycles. The Kier molecular flexibility index (Phi) is 4.91. The van der Waals surface area contributed by atoms with Crippen molar-refractivity contribution in [1.29, 1.82) is 0 Å². The minimum absolute atomic E-state index is 0.137. The van der Waals surface area contributed by atoms with Crippen molar-refractivity contribution in [2.45, 2.75) is 26.9 Å². The van der Waals surface area contributed by atoms with E-state index in [0.717, 1.165) is 11.4 Å². The summed E-state index contributed by atoms with van der Waals surface area (Å²) in [4.78, 5) is 47.7. The number of amides is 2. The van der Waals surface area contributed by atoms with Crippen molar-refractivity contribution in [1.82, 2.24) is 9.97 Å². The van der Waals surface area contributed by atoms with Gasteiger partial charge in [-0.1, -0.05) is 12.1 Å². The van der Waals surface area contributed by atoms with Crippen LogP contribution in [0.3, 0.4) is 0 Å². The minimum atomic E-state index is -1.07. The molecule has 8 heteroatoms. The second-order valence-electron chi connectivity index (χ2n) is 7.14. The molecule has 2 amide bonds. The molecule has 0 saturated heterocycles. The normalized spacial score (nSPS) is 14.1. The topological polar surface area (TPSA) is 101 Å². The summed E-state index contributed by atoms with van der Waals surface area (Å²) in [5.41, 5.74) is 4.23. The van der Waals surface area contributed by atoms with Crippen LogP contribution in [0.1, 0.15) is 28.7 Å². The van der Waals surface area contributed by atoms with Crippen LogP contribution in [-0.4, -0.2) is 40.4 Å². The fourth-order valence-electron chi connectivity index (χ4n) is 3.29. The van der Waals surface area contributed by atoms with Gasteiger partial charge in [-0.15, -0.1) is 0 Å². The number of aromatic nitrogens is 2. The zero-order valence-corrected chi connectivity index (χ0v) is 16.8. The summed E-state index contributed by atoms with van der Waals surface area (Å²) in [6, 6.07) is 11.9. The van der Waals surface area contributed by atoms with Crippen molar-refractivity contribution in [2.24, 2.45) is 0 Å². The molecule has 8 nitrogen and oxygen atoms in total. The van der Waals surface area contributed by atoms with Gasteiger partial charge in [0.1, 0.15) is 6.54 Å². The Balaban J connectivity index is 1.54. The van der Waals surface area contributed by atoms with Gasteiger partial charge >= 0.3 is 5.97 Å². The fourth-order valence-corrected chi connectivity index (χ4v) is 3.29. The molecule has 0 saturated carbocycles. The third kappa shape index (κ3) is 3.59. The highest BCUT2D eigenvalue weighted by molar-refractivity contribution is 6.11. The van der Waals surface area contributed by atoms with Crippen molar-refractivity contribution in [3.05, 3.63) is 59.4 Å². The Hall–Kier alpha value is -3.81. The van der Waals surface area contributed by atoms with E-state index in [1.807, 2.05) is 13.8 Å². The number of fused-ring (bicyclic) bond motifs is 2. The number of esters is 1. The Morgan fingerprint density at radius 3 is 2.53 bits per heavy atom. The van der Waals surface area contributed by atoms with Gasteiger partial charge in [-0.05, 0) is 51.1 Å². The van der Waals surface area contributed by atoms with Crippen molar-refractivity contribution in [3.63, 3.8) is 0 Å². The highest BCUT2D eigenvalue weighted by Crippen LogP contribution is 2.29. The molecule has 1 aliphatic rings. The number of hydrogen-bond acceptors (Lipinski definition) is 6. The highest BCUT2D eigenvalue weighted by atomic mass is 16.5. The van der Waals surface area contributed by atoms with Gasteiger partial charge in [0, 0.05) is 0 Å². The van der Waals surface area contributed by atoms with Gasteiger partial charge in [0.15, 0.2) is 6.10 Å². The number of carbonyl (C=O) groups is 3. The third-order valence-corrected chi connectivity index (χ3v) is 4.98. The van der Waals surface area contributed by atoms with E-state index in [-0.39, 0.29) is 18.0 Å². The zero-order valence-electron chi connectivity index (χ0n) is 16.8. The van der Waals surface area contributed by atoms with E-state index in [1.54, 1.807) is 42.5 Å². The van der Waals surface area contributed by atoms with E-state index in [1.165, 1.54) is 11.8 Å². The molecule has 1 aliphatic heterocycles. The van der Waals surface area contributed by atoms with Crippen LogP contribution in [0.15, 0.2) is 42.5 Å². The van der Waals surface area contributed by atoms with Gasteiger partial charge in [0.05, 0.1) is 39.4 Å². The fraction of sp³-hybridized carbons (Fsp3) is 0.227. The maximum absolute atomic E-state index is 12.9. The van der Waals surface area contributed by atoms with Crippen LogP contribution < -0.4 is 10.2 Å². The first-order valence-electron chi connectivity index (χ1n) is 9.50. The van der Waals surface area contributed by atoms with Gasteiger partial charge in [-0.3, -0.25) is 14.5 Å². The van der Waals surface area contributed by atoms with Gasteiger partial charge < -0.3 is 10.1 Å². The largest absolute Gasteiger partial charge is 0.449 e. The summed E-state index contributed by atoms with van der Waals surface area (Å²) < 4.78 is 5.39. The summed E-state index contributed by atoms with van der Waals surface area (Å²) in [6.07, 6.45) is -1.07. The molecule has 2 heterocycles. The smallest absolute Gasteiger partial charge is 0.338 e. The number of benzene rings is 2. The Morgan fingerprint density at radius 1 is 1.07 bits per heavy atom. The number of aryl methyl sites for hydroxylation is 2. The van der Waals surface area contributed by atoms with Gasteiger partial charge in [0.2, 0.25) is 5.91 Å². The second-order valence-corrected chi connectivity index (χ2v) is 7.14. The monoisotopic (exact) mass is 404 g/mol. The van der Waals surface area contributed by atoms with Crippen LogP contribution in [0.5, 0.6) is 0 Å². The predicted octanol–water partition coefficient (Wildman–Crippen LogP) is 2.78. The van der Waals surface area contributed by atoms with Crippen LogP contribution in [0.25, 0.3) is 11.0 Å². The number of para-hydroxylation sites is 2. The number of carbonyl (C=O) groups excluding carboxylic acids is 3. The van der Waals surface area contributed by atoms with Crippen molar-refractivity contribution < 1.29 is 19.1 Å². The molecule has 0 spiro atoms. The van der Waals surface area contributed by atoms with Crippen molar-refractivity contribution >= 4 is 40.2 Å². The molecule has 0 unspecified atom stereocenters. The first kappa shape index (κ1) is 19.5. The maximum atomic E-state index is 12.9. The summed E-state index contributed by atoms with van der Waals surface area (Å²) in [5.74, 6) is -1.43. The molecule has 1 N–H and O–H groups in total.